The molecule has 5 aromatic rings. The lowest BCUT2D eigenvalue weighted by molar-refractivity contribution is -0.394. The van der Waals surface area contributed by atoms with E-state index in [1.165, 1.54) is 6.21 Å². The zero-order valence-corrected chi connectivity index (χ0v) is 22.3. The van der Waals surface area contributed by atoms with Crippen molar-refractivity contribution in [2.45, 2.75) is 0 Å². The van der Waals surface area contributed by atoms with Crippen LogP contribution in [0.5, 0.6) is 0 Å². The smallest absolute Gasteiger partial charge is 0.266 e. The summed E-state index contributed by atoms with van der Waals surface area (Å²) in [7, 11) is 0. The molecule has 12 heteroatoms. The van der Waals surface area contributed by atoms with E-state index in [1.54, 1.807) is 12.2 Å². The molecule has 0 saturated heterocycles. The minimum absolute atomic E-state index is 0.263. The van der Waals surface area contributed by atoms with E-state index >= 15 is 0 Å². The van der Waals surface area contributed by atoms with Crippen molar-refractivity contribution in [3.05, 3.63) is 147 Å². The Balaban J connectivity index is 1.64. The number of hydrogen-bond donors (Lipinski definition) is 0. The minimum atomic E-state index is -0.987. The van der Waals surface area contributed by atoms with Gasteiger partial charge < -0.3 is 0 Å². The van der Waals surface area contributed by atoms with Gasteiger partial charge in [0, 0.05) is 23.4 Å². The summed E-state index contributed by atoms with van der Waals surface area (Å²) in [5.41, 5.74) is 1.35. The van der Waals surface area contributed by atoms with Crippen LogP contribution in [0.1, 0.15) is 15.9 Å². The number of carbonyl (C=O) groups is 1. The van der Waals surface area contributed by atoms with Gasteiger partial charge in [-0.2, -0.15) is 10.1 Å². The highest BCUT2D eigenvalue weighted by Crippen LogP contribution is 2.31. The average molecular weight is 572 g/mol. The van der Waals surface area contributed by atoms with Gasteiger partial charge >= 0.3 is 0 Å². The Labute approximate surface area is 244 Å². The summed E-state index contributed by atoms with van der Waals surface area (Å²) >= 11 is 0. The Bertz CT molecular complexity index is 1850. The second-order valence-corrected chi connectivity index (χ2v) is 8.91. The number of allylic oxidation sites excluding steroid dienone is 1. The van der Waals surface area contributed by atoms with Crippen molar-refractivity contribution >= 4 is 35.5 Å². The zero-order chi connectivity index (χ0) is 30.2. The maximum absolute atomic E-state index is 13.8. The number of nitro benzene ring substituents is 2. The normalized spacial score (nSPS) is 11.1. The number of rotatable bonds is 9. The third-order valence-electron chi connectivity index (χ3n) is 6.13. The van der Waals surface area contributed by atoms with Gasteiger partial charge in [-0.15, -0.1) is 10.2 Å². The fraction of sp³-hybridized carbons (Fsp3) is 0. The van der Waals surface area contributed by atoms with E-state index < -0.39 is 32.7 Å². The molecule has 0 atom stereocenters. The number of carbonyl (C=O) groups excluding carboxylic acids is 1. The van der Waals surface area contributed by atoms with Gasteiger partial charge in [-0.3, -0.25) is 25.0 Å². The predicted molar refractivity (Wildman–Crippen MR) is 161 cm³/mol. The van der Waals surface area contributed by atoms with Gasteiger partial charge in [0.25, 0.3) is 23.2 Å². The summed E-state index contributed by atoms with van der Waals surface area (Å²) in [6.45, 7) is 0. The predicted octanol–water partition coefficient (Wildman–Crippen LogP) is 6.37. The molecular weight excluding hydrogens is 550 g/mol. The van der Waals surface area contributed by atoms with Gasteiger partial charge in [0.05, 0.1) is 15.9 Å². The molecule has 4 aromatic carbocycles. The van der Waals surface area contributed by atoms with Gasteiger partial charge in [-0.25, -0.2) is 4.98 Å². The molecule has 12 nitrogen and oxygen atoms in total. The standard InChI is InChI=1S/C31H21N7O5/c39-30(26-19-18-25(37(40)41)21-27(26)38(42)43)36(32-20-10-13-22-11-4-1-5-12-22)31-33-28(23-14-6-2-7-15-23)29(34-35-31)24-16-8-3-9-17-24/h1-21H/b13-10+,32-20+. The van der Waals surface area contributed by atoms with Crippen molar-refractivity contribution in [1.82, 2.24) is 15.2 Å². The summed E-state index contributed by atoms with van der Waals surface area (Å²) in [5.74, 6) is -1.25. The molecule has 0 saturated carbocycles. The molecule has 43 heavy (non-hydrogen) atoms. The molecule has 0 radical (unpaired) electrons. The number of benzene rings is 4. The highest BCUT2D eigenvalue weighted by molar-refractivity contribution is 6.08. The number of hydrazone groups is 1. The van der Waals surface area contributed by atoms with Crippen LogP contribution in [-0.4, -0.2) is 37.1 Å². The van der Waals surface area contributed by atoms with Gasteiger partial charge in [0.1, 0.15) is 17.0 Å². The molecule has 0 aliphatic carbocycles. The quantitative estimate of drug-likeness (QED) is 0.112. The van der Waals surface area contributed by atoms with Gasteiger partial charge in [0.2, 0.25) is 0 Å². The molecule has 0 fully saturated rings. The number of hydrogen-bond acceptors (Lipinski definition) is 9. The van der Waals surface area contributed by atoms with Crippen LogP contribution in [0.4, 0.5) is 17.3 Å². The van der Waals surface area contributed by atoms with Crippen molar-refractivity contribution in [3.63, 3.8) is 0 Å². The zero-order valence-electron chi connectivity index (χ0n) is 22.3. The van der Waals surface area contributed by atoms with Crippen LogP contribution in [-0.2, 0) is 0 Å². The Morgan fingerprint density at radius 1 is 0.744 bits per heavy atom. The molecule has 0 N–H and O–H groups in total. The average Bonchev–Trinajstić information content (AvgIpc) is 3.05. The Morgan fingerprint density at radius 3 is 1.95 bits per heavy atom. The first-order valence-corrected chi connectivity index (χ1v) is 12.8. The Morgan fingerprint density at radius 2 is 1.35 bits per heavy atom. The number of nitrogens with zero attached hydrogens (tertiary/aromatic N) is 7. The summed E-state index contributed by atoms with van der Waals surface area (Å²) < 4.78 is 0. The first kappa shape index (κ1) is 28.1. The molecule has 0 bridgehead atoms. The van der Waals surface area contributed by atoms with Gasteiger partial charge in [-0.05, 0) is 17.7 Å². The van der Waals surface area contributed by atoms with Crippen molar-refractivity contribution in [3.8, 4) is 22.5 Å². The van der Waals surface area contributed by atoms with Crippen molar-refractivity contribution in [2.75, 3.05) is 5.01 Å². The van der Waals surface area contributed by atoms with Crippen LogP contribution in [0.15, 0.2) is 120 Å². The lowest BCUT2D eigenvalue weighted by atomic mass is 10.0. The lowest BCUT2D eigenvalue weighted by Gasteiger charge is -2.16. The van der Waals surface area contributed by atoms with Crippen LogP contribution >= 0.6 is 0 Å². The highest BCUT2D eigenvalue weighted by atomic mass is 16.6. The fourth-order valence-corrected chi connectivity index (χ4v) is 4.09. The van der Waals surface area contributed by atoms with E-state index in [2.05, 4.69) is 20.3 Å². The molecule has 0 spiro atoms. The number of non-ortho nitro benzene ring substituents is 1. The summed E-state index contributed by atoms with van der Waals surface area (Å²) in [6, 6.07) is 30.4. The van der Waals surface area contributed by atoms with Crippen LogP contribution < -0.4 is 5.01 Å². The number of amides is 1. The molecular formula is C31H21N7O5. The number of anilines is 1. The lowest BCUT2D eigenvalue weighted by Crippen LogP contribution is -2.28. The second kappa shape index (κ2) is 12.8. The van der Waals surface area contributed by atoms with Crippen LogP contribution in [0.2, 0.25) is 0 Å². The van der Waals surface area contributed by atoms with E-state index in [0.29, 0.717) is 17.0 Å². The van der Waals surface area contributed by atoms with E-state index in [1.807, 2.05) is 91.0 Å². The monoisotopic (exact) mass is 571 g/mol. The van der Waals surface area contributed by atoms with Crippen molar-refractivity contribution in [1.29, 1.82) is 0 Å². The topological polar surface area (TPSA) is 158 Å². The third-order valence-corrected chi connectivity index (χ3v) is 6.13. The summed E-state index contributed by atoms with van der Waals surface area (Å²) in [5, 5.41) is 36.6. The second-order valence-electron chi connectivity index (χ2n) is 8.91. The first-order chi connectivity index (χ1) is 20.9. The molecule has 1 amide bonds. The van der Waals surface area contributed by atoms with E-state index in [4.69, 9.17) is 0 Å². The third kappa shape index (κ3) is 6.49. The van der Waals surface area contributed by atoms with Crippen LogP contribution in [0.25, 0.3) is 28.6 Å². The minimum Gasteiger partial charge on any atom is -0.266 e. The maximum Gasteiger partial charge on any atom is 0.289 e. The van der Waals surface area contributed by atoms with Crippen molar-refractivity contribution < 1.29 is 14.6 Å². The molecule has 0 unspecified atom stereocenters. The summed E-state index contributed by atoms with van der Waals surface area (Å²) in [6.07, 6.45) is 4.62. The molecule has 0 aliphatic heterocycles. The van der Waals surface area contributed by atoms with E-state index in [-0.39, 0.29) is 5.95 Å². The highest BCUT2D eigenvalue weighted by Gasteiger charge is 2.30. The van der Waals surface area contributed by atoms with Crippen LogP contribution in [0.3, 0.4) is 0 Å². The Kier molecular flexibility index (Phi) is 8.39. The first-order valence-electron chi connectivity index (χ1n) is 12.8. The van der Waals surface area contributed by atoms with E-state index in [0.717, 1.165) is 34.3 Å². The maximum atomic E-state index is 13.8. The van der Waals surface area contributed by atoms with Gasteiger partial charge in [0.15, 0.2) is 0 Å². The molecule has 210 valence electrons. The molecule has 1 aromatic heterocycles. The van der Waals surface area contributed by atoms with E-state index in [9.17, 15) is 25.0 Å². The SMILES string of the molecule is O=C(c1ccc([N+](=O)[O-])cc1[N+](=O)[O-])N(/N=C/C=C/c1ccccc1)c1nnc(-c2ccccc2)c(-c2ccccc2)n1. The molecule has 5 rings (SSSR count). The Hall–Kier alpha value is -6.43. The number of nitro groups is 2. The molecule has 1 heterocycles. The largest absolute Gasteiger partial charge is 0.289 e. The molecule has 0 aliphatic rings. The fourth-order valence-electron chi connectivity index (χ4n) is 4.09. The van der Waals surface area contributed by atoms with Crippen LogP contribution in [0, 0.1) is 20.2 Å². The van der Waals surface area contributed by atoms with Crippen molar-refractivity contribution in [2.24, 2.45) is 5.10 Å². The van der Waals surface area contributed by atoms with Gasteiger partial charge in [-0.1, -0.05) is 97.1 Å². The number of aromatic nitrogens is 3. The summed E-state index contributed by atoms with van der Waals surface area (Å²) in [4.78, 5) is 39.9.